The van der Waals surface area contributed by atoms with Crippen molar-refractivity contribution < 1.29 is 0 Å². The third kappa shape index (κ3) is 6.17. The summed E-state index contributed by atoms with van der Waals surface area (Å²) in [6.07, 6.45) is 7.05. The van der Waals surface area contributed by atoms with Gasteiger partial charge in [0.05, 0.1) is 0 Å². The van der Waals surface area contributed by atoms with Gasteiger partial charge in [-0.15, -0.1) is 0 Å². The molecule has 0 aromatic carbocycles. The zero-order chi connectivity index (χ0) is 13.2. The topological polar surface area (TPSA) is 32.5 Å². The van der Waals surface area contributed by atoms with Gasteiger partial charge in [-0.3, -0.25) is 0 Å². The molecule has 1 aliphatic heterocycles. The summed E-state index contributed by atoms with van der Waals surface area (Å²) >= 11 is 0. The van der Waals surface area contributed by atoms with Crippen LogP contribution in [0.3, 0.4) is 0 Å². The molecular weight excluding hydrogens is 222 g/mol. The van der Waals surface area contributed by atoms with Crippen LogP contribution >= 0.6 is 0 Å². The van der Waals surface area contributed by atoms with Crippen LogP contribution in [0.4, 0.5) is 0 Å². The number of hydrogen-bond donors (Lipinski definition) is 1. The van der Waals surface area contributed by atoms with Gasteiger partial charge < -0.3 is 15.5 Å². The van der Waals surface area contributed by atoms with Crippen molar-refractivity contribution in [1.29, 1.82) is 0 Å². The Morgan fingerprint density at radius 3 is 2.78 bits per heavy atom. The molecule has 0 aromatic rings. The highest BCUT2D eigenvalue weighted by Crippen LogP contribution is 2.21. The average molecular weight is 255 g/mol. The van der Waals surface area contributed by atoms with Crippen molar-refractivity contribution in [2.45, 2.75) is 46.0 Å². The van der Waals surface area contributed by atoms with Crippen molar-refractivity contribution in [1.82, 2.24) is 9.80 Å². The highest BCUT2D eigenvalue weighted by molar-refractivity contribution is 4.74. The first-order chi connectivity index (χ1) is 8.80. The predicted octanol–water partition coefficient (Wildman–Crippen LogP) is 2.17. The molecule has 0 radical (unpaired) electrons. The third-order valence-electron chi connectivity index (χ3n) is 4.19. The summed E-state index contributed by atoms with van der Waals surface area (Å²) in [5, 5.41) is 0. The fraction of sp³-hybridized carbons (Fsp3) is 1.00. The molecule has 1 heterocycles. The Hall–Kier alpha value is -0.120. The van der Waals surface area contributed by atoms with Gasteiger partial charge in [-0.2, -0.15) is 0 Å². The second-order valence-corrected chi connectivity index (χ2v) is 5.67. The molecule has 0 spiro atoms. The first-order valence-electron chi connectivity index (χ1n) is 7.94. The smallest absolute Gasteiger partial charge is 0.0110 e. The summed E-state index contributed by atoms with van der Waals surface area (Å²) < 4.78 is 0. The van der Waals surface area contributed by atoms with E-state index in [1.54, 1.807) is 0 Å². The van der Waals surface area contributed by atoms with E-state index in [0.717, 1.165) is 25.6 Å². The Labute approximate surface area is 114 Å². The highest BCUT2D eigenvalue weighted by Gasteiger charge is 2.19. The molecule has 1 fully saturated rings. The van der Waals surface area contributed by atoms with Crippen LogP contribution < -0.4 is 5.73 Å². The summed E-state index contributed by atoms with van der Waals surface area (Å²) in [5.74, 6) is 0.961. The molecule has 1 atom stereocenters. The number of piperidine rings is 1. The Morgan fingerprint density at radius 2 is 2.11 bits per heavy atom. The lowest BCUT2D eigenvalue weighted by atomic mass is 9.93. The Balaban J connectivity index is 2.20. The van der Waals surface area contributed by atoms with Gasteiger partial charge in [0.25, 0.3) is 0 Å². The highest BCUT2D eigenvalue weighted by atomic mass is 15.2. The van der Waals surface area contributed by atoms with Gasteiger partial charge >= 0.3 is 0 Å². The van der Waals surface area contributed by atoms with Crippen molar-refractivity contribution in [2.75, 3.05) is 45.8 Å². The van der Waals surface area contributed by atoms with Crippen molar-refractivity contribution >= 4 is 0 Å². The van der Waals surface area contributed by atoms with Gasteiger partial charge in [0.1, 0.15) is 0 Å². The largest absolute Gasteiger partial charge is 0.329 e. The van der Waals surface area contributed by atoms with Crippen LogP contribution in [0.1, 0.15) is 46.0 Å². The van der Waals surface area contributed by atoms with Crippen molar-refractivity contribution in [3.63, 3.8) is 0 Å². The summed E-state index contributed by atoms with van der Waals surface area (Å²) in [7, 11) is 0. The lowest BCUT2D eigenvalue weighted by Gasteiger charge is -2.34. The fourth-order valence-electron chi connectivity index (χ4n) is 2.98. The third-order valence-corrected chi connectivity index (χ3v) is 4.19. The van der Waals surface area contributed by atoms with Crippen LogP contribution in [0, 0.1) is 5.92 Å². The fourth-order valence-corrected chi connectivity index (χ4v) is 2.98. The molecule has 2 N–H and O–H groups in total. The monoisotopic (exact) mass is 255 g/mol. The Kier molecular flexibility index (Phi) is 8.64. The van der Waals surface area contributed by atoms with Crippen molar-refractivity contribution in [3.8, 4) is 0 Å². The van der Waals surface area contributed by atoms with Crippen LogP contribution in [-0.4, -0.2) is 55.6 Å². The lowest BCUT2D eigenvalue weighted by Crippen LogP contribution is -2.41. The maximum absolute atomic E-state index is 5.64. The van der Waals surface area contributed by atoms with Gasteiger partial charge in [-0.1, -0.05) is 26.7 Å². The number of hydrogen-bond acceptors (Lipinski definition) is 3. The minimum absolute atomic E-state index is 0.785. The number of unbranched alkanes of at least 4 members (excludes halogenated alkanes) is 1. The first-order valence-corrected chi connectivity index (χ1v) is 7.94. The predicted molar refractivity (Wildman–Crippen MR) is 79.9 cm³/mol. The minimum Gasteiger partial charge on any atom is -0.329 e. The second-order valence-electron chi connectivity index (χ2n) is 5.67. The van der Waals surface area contributed by atoms with Crippen LogP contribution in [0.5, 0.6) is 0 Å². The number of nitrogens with two attached hydrogens (primary N) is 1. The second kappa shape index (κ2) is 9.76. The first kappa shape index (κ1) is 15.9. The normalized spacial score (nSPS) is 21.7. The summed E-state index contributed by atoms with van der Waals surface area (Å²) in [5.41, 5.74) is 5.64. The molecule has 0 aromatic heterocycles. The standard InChI is InChI=1S/C15H33N3/c1-3-5-7-15-8-6-10-18(14-15)13-12-17(4-2)11-9-16/h15H,3-14,16H2,1-2H3. The van der Waals surface area contributed by atoms with Crippen molar-refractivity contribution in [2.24, 2.45) is 11.7 Å². The van der Waals surface area contributed by atoms with Gasteiger partial charge in [-0.05, 0) is 38.3 Å². The zero-order valence-corrected chi connectivity index (χ0v) is 12.5. The van der Waals surface area contributed by atoms with E-state index in [1.807, 2.05) is 0 Å². The van der Waals surface area contributed by atoms with E-state index in [2.05, 4.69) is 23.6 Å². The number of likely N-dealkylation sites (N-methyl/N-ethyl adjacent to an activating group) is 1. The number of rotatable bonds is 9. The van der Waals surface area contributed by atoms with Gasteiger partial charge in [0.2, 0.25) is 0 Å². The number of nitrogens with zero attached hydrogens (tertiary/aromatic N) is 2. The van der Waals surface area contributed by atoms with Crippen LogP contribution in [0.2, 0.25) is 0 Å². The van der Waals surface area contributed by atoms with Gasteiger partial charge in [0.15, 0.2) is 0 Å². The molecule has 18 heavy (non-hydrogen) atoms. The van der Waals surface area contributed by atoms with E-state index in [1.165, 1.54) is 58.3 Å². The minimum atomic E-state index is 0.785. The molecule has 1 unspecified atom stereocenters. The van der Waals surface area contributed by atoms with E-state index in [4.69, 9.17) is 5.73 Å². The molecule has 1 saturated heterocycles. The van der Waals surface area contributed by atoms with E-state index < -0.39 is 0 Å². The van der Waals surface area contributed by atoms with Crippen LogP contribution in [0.15, 0.2) is 0 Å². The summed E-state index contributed by atoms with van der Waals surface area (Å²) in [4.78, 5) is 5.14. The van der Waals surface area contributed by atoms with E-state index in [-0.39, 0.29) is 0 Å². The van der Waals surface area contributed by atoms with Gasteiger partial charge in [0, 0.05) is 32.7 Å². The molecule has 0 saturated carbocycles. The van der Waals surface area contributed by atoms with E-state index in [9.17, 15) is 0 Å². The van der Waals surface area contributed by atoms with Crippen LogP contribution in [-0.2, 0) is 0 Å². The summed E-state index contributed by atoms with van der Waals surface area (Å²) in [6.45, 7) is 12.6. The SMILES string of the molecule is CCCCC1CCCN(CCN(CC)CCN)C1. The quantitative estimate of drug-likeness (QED) is 0.685. The summed E-state index contributed by atoms with van der Waals surface area (Å²) in [6, 6.07) is 0. The molecule has 1 rings (SSSR count). The van der Waals surface area contributed by atoms with Crippen LogP contribution in [0.25, 0.3) is 0 Å². The Bertz CT molecular complexity index is 196. The van der Waals surface area contributed by atoms with Crippen molar-refractivity contribution in [3.05, 3.63) is 0 Å². The maximum Gasteiger partial charge on any atom is 0.0110 e. The molecule has 0 aliphatic carbocycles. The molecule has 1 aliphatic rings. The van der Waals surface area contributed by atoms with E-state index in [0.29, 0.717) is 0 Å². The van der Waals surface area contributed by atoms with Gasteiger partial charge in [-0.25, -0.2) is 0 Å². The molecule has 3 nitrogen and oxygen atoms in total. The molecule has 0 amide bonds. The molecule has 3 heteroatoms. The maximum atomic E-state index is 5.64. The van der Waals surface area contributed by atoms with E-state index >= 15 is 0 Å². The zero-order valence-electron chi connectivity index (χ0n) is 12.5. The lowest BCUT2D eigenvalue weighted by molar-refractivity contribution is 0.145. The number of likely N-dealkylation sites (tertiary alicyclic amines) is 1. The Morgan fingerprint density at radius 1 is 1.28 bits per heavy atom. The average Bonchev–Trinajstić information content (AvgIpc) is 2.41. The molecular formula is C15H33N3. The molecule has 108 valence electrons. The molecule has 0 bridgehead atoms.